The Morgan fingerprint density at radius 1 is 1.00 bits per heavy atom. The molecule has 1 aromatic rings. The molecular weight excluding hydrogens is 304 g/mol. The van der Waals surface area contributed by atoms with Gasteiger partial charge in [0.05, 0.1) is 8.07 Å². The molecule has 0 bridgehead atoms. The normalized spacial score (nSPS) is 14.1. The summed E-state index contributed by atoms with van der Waals surface area (Å²) in [6, 6.07) is 0. The van der Waals surface area contributed by atoms with Gasteiger partial charge in [-0.2, -0.15) is 12.7 Å². The van der Waals surface area contributed by atoms with Crippen LogP contribution in [0.1, 0.15) is 5.56 Å². The van der Waals surface area contributed by atoms with E-state index in [1.807, 2.05) is 6.20 Å². The van der Waals surface area contributed by atoms with Gasteiger partial charge in [0.25, 0.3) is 0 Å². The molecule has 7 heteroatoms. The third-order valence-electron chi connectivity index (χ3n) is 3.45. The molecule has 116 valence electrons. The van der Waals surface area contributed by atoms with Gasteiger partial charge in [-0.15, -0.1) is 0 Å². The van der Waals surface area contributed by atoms with E-state index < -0.39 is 26.4 Å². The zero-order valence-electron chi connectivity index (χ0n) is 14.2. The van der Waals surface area contributed by atoms with Crippen molar-refractivity contribution in [1.82, 2.24) is 8.28 Å². The van der Waals surface area contributed by atoms with Crippen molar-refractivity contribution < 1.29 is 8.42 Å². The van der Waals surface area contributed by atoms with Crippen LogP contribution in [0.3, 0.4) is 0 Å². The van der Waals surface area contributed by atoms with Gasteiger partial charge in [0.2, 0.25) is 0 Å². The van der Waals surface area contributed by atoms with E-state index in [-0.39, 0.29) is 0 Å². The van der Waals surface area contributed by atoms with Crippen molar-refractivity contribution in [2.24, 2.45) is 0 Å². The van der Waals surface area contributed by atoms with Crippen LogP contribution < -0.4 is 10.5 Å². The molecule has 0 N–H and O–H groups in total. The van der Waals surface area contributed by atoms with E-state index in [0.717, 1.165) is 5.32 Å². The van der Waals surface area contributed by atoms with E-state index in [4.69, 9.17) is 0 Å². The first-order valence-corrected chi connectivity index (χ1v) is 15.3. The Hall–Kier alpha value is -0.376. The maximum Gasteiger partial charge on any atom is 0.306 e. The van der Waals surface area contributed by atoms with Gasteiger partial charge >= 0.3 is 10.2 Å². The highest BCUT2D eigenvalue weighted by molar-refractivity contribution is 7.87. The Morgan fingerprint density at radius 3 is 1.75 bits per heavy atom. The van der Waals surface area contributed by atoms with Crippen molar-refractivity contribution in [3.05, 3.63) is 11.8 Å². The molecule has 0 amide bonds. The third kappa shape index (κ3) is 3.10. The molecule has 0 saturated heterocycles. The van der Waals surface area contributed by atoms with Gasteiger partial charge in [-0.25, -0.2) is 3.97 Å². The monoisotopic (exact) mass is 332 g/mol. The van der Waals surface area contributed by atoms with Crippen molar-refractivity contribution in [2.45, 2.75) is 46.2 Å². The molecule has 0 aliphatic carbocycles. The largest absolute Gasteiger partial charge is 0.306 e. The van der Waals surface area contributed by atoms with Crippen molar-refractivity contribution >= 4 is 36.9 Å². The van der Waals surface area contributed by atoms with E-state index >= 15 is 0 Å². The SMILES string of the molecule is Cc1c([Si](C)(C)C)cn(S(=O)(=O)N(C)C)c1[Si](C)(C)C. The number of hydrogen-bond donors (Lipinski definition) is 0. The predicted molar refractivity (Wildman–Crippen MR) is 93.1 cm³/mol. The summed E-state index contributed by atoms with van der Waals surface area (Å²) in [7, 11) is -3.58. The molecule has 1 heterocycles. The lowest BCUT2D eigenvalue weighted by molar-refractivity contribution is 0.512. The van der Waals surface area contributed by atoms with E-state index in [9.17, 15) is 8.42 Å². The zero-order chi connectivity index (χ0) is 16.1. The van der Waals surface area contributed by atoms with Gasteiger partial charge in [0.1, 0.15) is 8.07 Å². The Balaban J connectivity index is 3.79. The topological polar surface area (TPSA) is 42.3 Å². The lowest BCUT2D eigenvalue weighted by Gasteiger charge is -2.23. The van der Waals surface area contributed by atoms with E-state index in [2.05, 4.69) is 46.2 Å². The first kappa shape index (κ1) is 17.7. The first-order chi connectivity index (χ1) is 8.70. The summed E-state index contributed by atoms with van der Waals surface area (Å²) in [5.74, 6) is 0. The minimum Gasteiger partial charge on any atom is -0.241 e. The second kappa shape index (κ2) is 5.12. The van der Waals surface area contributed by atoms with Crippen molar-refractivity contribution in [3.8, 4) is 0 Å². The van der Waals surface area contributed by atoms with Gasteiger partial charge in [0.15, 0.2) is 0 Å². The second-order valence-electron chi connectivity index (χ2n) is 7.60. The fourth-order valence-electron chi connectivity index (χ4n) is 2.58. The van der Waals surface area contributed by atoms with Crippen LogP contribution in [0.5, 0.6) is 0 Å². The minimum absolute atomic E-state index is 1.03. The first-order valence-electron chi connectivity index (χ1n) is 6.86. The molecule has 4 nitrogen and oxygen atoms in total. The highest BCUT2D eigenvalue weighted by atomic mass is 32.2. The Morgan fingerprint density at radius 2 is 1.45 bits per heavy atom. The van der Waals surface area contributed by atoms with Gasteiger partial charge in [-0.3, -0.25) is 0 Å². The molecule has 0 aliphatic rings. The highest BCUT2D eigenvalue weighted by Gasteiger charge is 2.34. The van der Waals surface area contributed by atoms with Gasteiger partial charge in [0, 0.05) is 25.6 Å². The summed E-state index contributed by atoms with van der Waals surface area (Å²) < 4.78 is 28.1. The van der Waals surface area contributed by atoms with Crippen LogP contribution in [0.15, 0.2) is 6.20 Å². The Kier molecular flexibility index (Phi) is 4.52. The molecule has 20 heavy (non-hydrogen) atoms. The molecule has 0 fully saturated rings. The zero-order valence-corrected chi connectivity index (χ0v) is 17.0. The number of hydrogen-bond acceptors (Lipinski definition) is 2. The fraction of sp³-hybridized carbons (Fsp3) is 0.692. The quantitative estimate of drug-likeness (QED) is 0.785. The number of aromatic nitrogens is 1. The molecule has 0 aliphatic heterocycles. The molecule has 0 atom stereocenters. The van der Waals surface area contributed by atoms with Crippen LogP contribution in [0.4, 0.5) is 0 Å². The van der Waals surface area contributed by atoms with Crippen LogP contribution in [0, 0.1) is 6.92 Å². The summed E-state index contributed by atoms with van der Waals surface area (Å²) in [6.45, 7) is 15.5. The van der Waals surface area contributed by atoms with Gasteiger partial charge < -0.3 is 0 Å². The Labute approximate surface area is 126 Å². The van der Waals surface area contributed by atoms with Crippen LogP contribution in [-0.4, -0.2) is 46.9 Å². The minimum atomic E-state index is -3.45. The maximum atomic E-state index is 12.6. The van der Waals surface area contributed by atoms with E-state index in [1.54, 1.807) is 18.1 Å². The number of nitrogens with zero attached hydrogens (tertiary/aromatic N) is 2. The average molecular weight is 333 g/mol. The van der Waals surface area contributed by atoms with Crippen LogP contribution in [-0.2, 0) is 10.2 Å². The summed E-state index contributed by atoms with van der Waals surface area (Å²) >= 11 is 0. The van der Waals surface area contributed by atoms with Gasteiger partial charge in [-0.05, 0) is 17.7 Å². The van der Waals surface area contributed by atoms with Gasteiger partial charge in [-0.1, -0.05) is 39.3 Å². The molecule has 1 rings (SSSR count). The summed E-state index contributed by atoms with van der Waals surface area (Å²) in [6.07, 6.45) is 1.88. The van der Waals surface area contributed by atoms with Crippen LogP contribution >= 0.6 is 0 Å². The lowest BCUT2D eigenvalue weighted by atomic mass is 10.4. The second-order valence-corrected chi connectivity index (χ2v) is 19.6. The standard InChI is InChI=1S/C13H28N2O2SSi2/c1-11-12(19(4,5)6)10-15(13(11)20(7,8)9)18(16,17)14(2)3/h10H,1-9H3. The molecule has 0 saturated carbocycles. The smallest absolute Gasteiger partial charge is 0.241 e. The summed E-state index contributed by atoms with van der Waals surface area (Å²) in [5, 5.41) is 2.28. The average Bonchev–Trinajstić information content (AvgIpc) is 2.54. The Bertz CT molecular complexity index is 606. The highest BCUT2D eigenvalue weighted by Crippen LogP contribution is 2.14. The molecule has 0 aromatic carbocycles. The van der Waals surface area contributed by atoms with Crippen molar-refractivity contribution in [2.75, 3.05) is 14.1 Å². The van der Waals surface area contributed by atoms with Crippen LogP contribution in [0.25, 0.3) is 0 Å². The maximum absolute atomic E-state index is 12.6. The fourth-order valence-corrected chi connectivity index (χ4v) is 8.67. The van der Waals surface area contributed by atoms with Crippen LogP contribution in [0.2, 0.25) is 39.3 Å². The van der Waals surface area contributed by atoms with Crippen molar-refractivity contribution in [1.29, 1.82) is 0 Å². The molecule has 1 aromatic heterocycles. The molecule has 0 unspecified atom stereocenters. The summed E-state index contributed by atoms with van der Waals surface area (Å²) in [4.78, 5) is 0. The summed E-state index contributed by atoms with van der Waals surface area (Å²) in [5.41, 5.74) is 1.19. The van der Waals surface area contributed by atoms with E-state index in [0.29, 0.717) is 0 Å². The number of rotatable bonds is 4. The lowest BCUT2D eigenvalue weighted by Crippen LogP contribution is -2.49. The predicted octanol–water partition coefficient (Wildman–Crippen LogP) is 1.54. The van der Waals surface area contributed by atoms with E-state index in [1.165, 1.54) is 15.1 Å². The van der Waals surface area contributed by atoms with Crippen molar-refractivity contribution in [3.63, 3.8) is 0 Å². The molecular formula is C13H28N2O2SSi2. The molecule has 0 radical (unpaired) electrons. The third-order valence-corrected chi connectivity index (χ3v) is 9.48. The molecule has 0 spiro atoms.